The van der Waals surface area contributed by atoms with Gasteiger partial charge in [0.05, 0.1) is 22.0 Å². The number of hydrogen-bond acceptors (Lipinski definition) is 6. The normalized spacial score (nSPS) is 18.0. The number of hydrogen-bond donors (Lipinski definition) is 4. The van der Waals surface area contributed by atoms with Crippen LogP contribution in [0.2, 0.25) is 0 Å². The van der Waals surface area contributed by atoms with Gasteiger partial charge in [-0.25, -0.2) is 8.42 Å². The van der Waals surface area contributed by atoms with E-state index < -0.39 is 45.2 Å². The smallest absolute Gasteiger partial charge is 0.267 e. The van der Waals surface area contributed by atoms with Crippen LogP contribution in [0, 0.1) is 6.92 Å². The van der Waals surface area contributed by atoms with Crippen molar-refractivity contribution in [2.24, 2.45) is 0 Å². The van der Waals surface area contributed by atoms with Gasteiger partial charge in [-0.2, -0.15) is 0 Å². The molecule has 1 aliphatic heterocycles. The van der Waals surface area contributed by atoms with Crippen LogP contribution >= 0.6 is 11.3 Å². The molecule has 3 heterocycles. The van der Waals surface area contributed by atoms with Crippen molar-refractivity contribution in [1.29, 1.82) is 0 Å². The predicted octanol–water partition coefficient (Wildman–Crippen LogP) is 2.19. The summed E-state index contributed by atoms with van der Waals surface area (Å²) in [6.45, 7) is 2.05. The van der Waals surface area contributed by atoms with Gasteiger partial charge in [-0.15, -0.1) is 11.3 Å². The van der Waals surface area contributed by atoms with Crippen molar-refractivity contribution in [2.45, 2.75) is 19.0 Å². The van der Waals surface area contributed by atoms with Crippen LogP contribution in [0.25, 0.3) is 21.0 Å². The van der Waals surface area contributed by atoms with Gasteiger partial charge < -0.3 is 20.9 Å². The zero-order chi connectivity index (χ0) is 25.4. The standard InChI is InChI=1S/C25H24N4O5S2/c1-14-8-18-22(35-14)10-19(27-18)24(31)26-11-20(17-7-6-15-4-2-3-5-16(15)9-17)29-25(32)21-12-36(33,34)13-23(30)28-21/h2-10,20-21,27H,11-13H2,1H3,(H,26,31)(H,28,30)(H,29,32). The highest BCUT2D eigenvalue weighted by Crippen LogP contribution is 2.26. The summed E-state index contributed by atoms with van der Waals surface area (Å²) in [5, 5.41) is 10.1. The van der Waals surface area contributed by atoms with Crippen LogP contribution < -0.4 is 16.0 Å². The number of rotatable bonds is 6. The Morgan fingerprint density at radius 3 is 2.64 bits per heavy atom. The summed E-state index contributed by atoms with van der Waals surface area (Å²) in [5.74, 6) is -2.77. The first-order chi connectivity index (χ1) is 17.2. The molecule has 4 aromatic rings. The third-order valence-electron chi connectivity index (χ3n) is 6.06. The monoisotopic (exact) mass is 524 g/mol. The molecule has 2 aromatic heterocycles. The van der Waals surface area contributed by atoms with Gasteiger partial charge in [0.1, 0.15) is 17.5 Å². The van der Waals surface area contributed by atoms with Gasteiger partial charge in [0.25, 0.3) is 5.91 Å². The topological polar surface area (TPSA) is 137 Å². The molecule has 0 spiro atoms. The van der Waals surface area contributed by atoms with Crippen molar-refractivity contribution in [3.63, 3.8) is 0 Å². The van der Waals surface area contributed by atoms with Crippen molar-refractivity contribution in [3.8, 4) is 0 Å². The van der Waals surface area contributed by atoms with Gasteiger partial charge in [0.2, 0.25) is 11.8 Å². The van der Waals surface area contributed by atoms with Gasteiger partial charge in [-0.3, -0.25) is 14.4 Å². The van der Waals surface area contributed by atoms with Crippen molar-refractivity contribution >= 4 is 59.9 Å². The number of amides is 3. The third-order valence-corrected chi connectivity index (χ3v) is 8.60. The molecule has 3 amide bonds. The van der Waals surface area contributed by atoms with Crippen LogP contribution in [0.1, 0.15) is 27.0 Å². The first-order valence-corrected chi connectivity index (χ1v) is 14.0. The highest BCUT2D eigenvalue weighted by atomic mass is 32.2. The molecular formula is C25H24N4O5S2. The summed E-state index contributed by atoms with van der Waals surface area (Å²) in [6.07, 6.45) is 0. The summed E-state index contributed by atoms with van der Waals surface area (Å²) in [6, 6.07) is 15.3. The van der Waals surface area contributed by atoms with Crippen LogP contribution in [0.3, 0.4) is 0 Å². The lowest BCUT2D eigenvalue weighted by molar-refractivity contribution is -0.128. The molecular weight excluding hydrogens is 500 g/mol. The minimum atomic E-state index is -3.67. The third kappa shape index (κ3) is 5.12. The Balaban J connectivity index is 1.37. The van der Waals surface area contributed by atoms with Crippen molar-refractivity contribution < 1.29 is 22.8 Å². The second-order valence-corrected chi connectivity index (χ2v) is 12.3. The molecule has 1 aliphatic rings. The molecule has 4 N–H and O–H groups in total. The lowest BCUT2D eigenvalue weighted by atomic mass is 10.0. The molecule has 11 heteroatoms. The summed E-state index contributed by atoms with van der Waals surface area (Å²) < 4.78 is 25.0. The Labute approximate surface area is 211 Å². The van der Waals surface area contributed by atoms with E-state index in [0.29, 0.717) is 5.69 Å². The molecule has 186 valence electrons. The van der Waals surface area contributed by atoms with E-state index in [9.17, 15) is 22.8 Å². The number of sulfone groups is 1. The number of H-pyrrole nitrogens is 1. The van der Waals surface area contributed by atoms with Gasteiger partial charge >= 0.3 is 0 Å². The number of aromatic amines is 1. The van der Waals surface area contributed by atoms with E-state index in [2.05, 4.69) is 20.9 Å². The van der Waals surface area contributed by atoms with Gasteiger partial charge in [0.15, 0.2) is 9.84 Å². The van der Waals surface area contributed by atoms with E-state index in [1.807, 2.05) is 55.5 Å². The Morgan fingerprint density at radius 1 is 1.11 bits per heavy atom. The molecule has 5 rings (SSSR count). The number of benzene rings is 2. The van der Waals surface area contributed by atoms with Crippen molar-refractivity contribution in [3.05, 3.63) is 70.7 Å². The summed E-state index contributed by atoms with van der Waals surface area (Å²) in [5.41, 5.74) is 2.03. The number of nitrogens with one attached hydrogen (secondary N) is 4. The van der Waals surface area contributed by atoms with E-state index in [-0.39, 0.29) is 12.5 Å². The molecule has 0 radical (unpaired) electrons. The average molecular weight is 525 g/mol. The number of thiophene rings is 1. The minimum absolute atomic E-state index is 0.0576. The van der Waals surface area contributed by atoms with Crippen LogP contribution in [-0.2, 0) is 19.4 Å². The molecule has 1 fully saturated rings. The van der Waals surface area contributed by atoms with Gasteiger partial charge in [-0.1, -0.05) is 36.4 Å². The fraction of sp³-hybridized carbons (Fsp3) is 0.240. The van der Waals surface area contributed by atoms with E-state index >= 15 is 0 Å². The average Bonchev–Trinajstić information content (AvgIpc) is 3.37. The lowest BCUT2D eigenvalue weighted by Gasteiger charge is -2.26. The fourth-order valence-corrected chi connectivity index (χ4v) is 6.61. The molecule has 2 unspecified atom stereocenters. The second kappa shape index (κ2) is 9.40. The molecule has 36 heavy (non-hydrogen) atoms. The molecule has 0 aliphatic carbocycles. The van der Waals surface area contributed by atoms with E-state index in [1.165, 1.54) is 0 Å². The first kappa shape index (κ1) is 24.0. The number of fused-ring (bicyclic) bond motifs is 2. The molecule has 9 nitrogen and oxygen atoms in total. The highest BCUT2D eigenvalue weighted by Gasteiger charge is 2.35. The molecule has 0 bridgehead atoms. The van der Waals surface area contributed by atoms with Gasteiger partial charge in [0, 0.05) is 11.4 Å². The first-order valence-electron chi connectivity index (χ1n) is 11.3. The molecule has 0 saturated carbocycles. The van der Waals surface area contributed by atoms with Crippen molar-refractivity contribution in [1.82, 2.24) is 20.9 Å². The SMILES string of the molecule is Cc1cc2[nH]c(C(=O)NCC(NC(=O)C3CS(=O)(=O)CC(=O)N3)c3ccc4ccccc4c3)cc2s1. The maximum atomic E-state index is 13.0. The van der Waals surface area contributed by atoms with Crippen molar-refractivity contribution in [2.75, 3.05) is 18.1 Å². The zero-order valence-corrected chi connectivity index (χ0v) is 21.0. The Kier molecular flexibility index (Phi) is 6.27. The largest absolute Gasteiger partial charge is 0.350 e. The van der Waals surface area contributed by atoms with E-state index in [0.717, 1.165) is 31.4 Å². The number of aromatic nitrogens is 1. The Bertz CT molecular complexity index is 1570. The molecule has 2 atom stereocenters. The van der Waals surface area contributed by atoms with E-state index in [4.69, 9.17) is 0 Å². The van der Waals surface area contributed by atoms with Crippen LogP contribution in [0.4, 0.5) is 0 Å². The van der Waals surface area contributed by atoms with Crippen LogP contribution in [0.5, 0.6) is 0 Å². The fourth-order valence-electron chi connectivity index (χ4n) is 4.34. The Morgan fingerprint density at radius 2 is 1.89 bits per heavy atom. The maximum Gasteiger partial charge on any atom is 0.267 e. The summed E-state index contributed by atoms with van der Waals surface area (Å²) in [4.78, 5) is 41.9. The van der Waals surface area contributed by atoms with E-state index in [1.54, 1.807) is 17.4 Å². The molecule has 1 saturated heterocycles. The minimum Gasteiger partial charge on any atom is -0.350 e. The zero-order valence-electron chi connectivity index (χ0n) is 19.3. The van der Waals surface area contributed by atoms with Crippen LogP contribution in [0.15, 0.2) is 54.6 Å². The summed E-state index contributed by atoms with van der Waals surface area (Å²) >= 11 is 1.59. The predicted molar refractivity (Wildman–Crippen MR) is 139 cm³/mol. The number of aryl methyl sites for hydroxylation is 1. The molecule has 2 aromatic carbocycles. The number of carbonyl (C=O) groups is 3. The lowest BCUT2D eigenvalue weighted by Crippen LogP contribution is -2.57. The summed E-state index contributed by atoms with van der Waals surface area (Å²) in [7, 11) is -3.67. The van der Waals surface area contributed by atoms with Gasteiger partial charge in [-0.05, 0) is 41.5 Å². The maximum absolute atomic E-state index is 13.0. The quantitative estimate of drug-likeness (QED) is 0.306. The number of carbonyl (C=O) groups excluding carboxylic acids is 3. The Hall–Kier alpha value is -3.70. The van der Waals surface area contributed by atoms with Crippen LogP contribution in [-0.4, -0.2) is 55.2 Å². The highest BCUT2D eigenvalue weighted by molar-refractivity contribution is 7.92. The second-order valence-electron chi connectivity index (χ2n) is 8.87.